The van der Waals surface area contributed by atoms with Crippen molar-refractivity contribution >= 4 is 23.0 Å². The van der Waals surface area contributed by atoms with Gasteiger partial charge in [0.15, 0.2) is 5.60 Å². The molecule has 1 spiro atoms. The van der Waals surface area contributed by atoms with E-state index in [-0.39, 0.29) is 5.97 Å². The van der Waals surface area contributed by atoms with Gasteiger partial charge in [0.25, 0.3) is 0 Å². The van der Waals surface area contributed by atoms with Crippen molar-refractivity contribution in [1.29, 1.82) is 0 Å². The Labute approximate surface area is 216 Å². The number of para-hydroxylation sites is 1. The third kappa shape index (κ3) is 3.20. The largest absolute Gasteiger partial charge is 0.456 e. The minimum Gasteiger partial charge on any atom is -0.456 e. The van der Waals surface area contributed by atoms with Gasteiger partial charge in [-0.2, -0.15) is 0 Å². The molecule has 184 valence electrons. The fourth-order valence-corrected chi connectivity index (χ4v) is 6.19. The summed E-state index contributed by atoms with van der Waals surface area (Å²) in [7, 11) is 0. The number of benzene rings is 4. The summed E-state index contributed by atoms with van der Waals surface area (Å²) in [6.45, 7) is 6.40. The third-order valence-corrected chi connectivity index (χ3v) is 8.05. The number of nitrogens with one attached hydrogen (secondary N) is 1. The number of esters is 1. The molecule has 7 rings (SSSR count). The number of carbonyl (C=O) groups excluding carboxylic acids is 1. The lowest BCUT2D eigenvalue weighted by atomic mass is 9.75. The van der Waals surface area contributed by atoms with Crippen LogP contribution in [0.4, 0.5) is 17.1 Å². The van der Waals surface area contributed by atoms with Crippen LogP contribution in [0.15, 0.2) is 78.9 Å². The summed E-state index contributed by atoms with van der Waals surface area (Å²) in [5, 5.41) is 3.49. The normalized spacial score (nSPS) is 19.2. The monoisotopic (exact) mass is 488 g/mol. The van der Waals surface area contributed by atoms with E-state index in [9.17, 15) is 4.79 Å². The van der Waals surface area contributed by atoms with Crippen molar-refractivity contribution < 1.29 is 14.3 Å². The highest BCUT2D eigenvalue weighted by molar-refractivity contribution is 5.97. The van der Waals surface area contributed by atoms with E-state index in [1.165, 1.54) is 24.1 Å². The summed E-state index contributed by atoms with van der Waals surface area (Å²) < 4.78 is 13.1. The lowest BCUT2D eigenvalue weighted by Crippen LogP contribution is -2.34. The van der Waals surface area contributed by atoms with E-state index in [0.717, 1.165) is 52.5 Å². The van der Waals surface area contributed by atoms with E-state index < -0.39 is 5.60 Å². The first kappa shape index (κ1) is 22.0. The Morgan fingerprint density at radius 2 is 1.54 bits per heavy atom. The Hall–Kier alpha value is -4.25. The van der Waals surface area contributed by atoms with Gasteiger partial charge in [0, 0.05) is 47.3 Å². The minimum atomic E-state index is -1.08. The molecule has 0 bridgehead atoms. The molecular weight excluding hydrogens is 460 g/mol. The first-order valence-electron chi connectivity index (χ1n) is 12.9. The van der Waals surface area contributed by atoms with Gasteiger partial charge in [-0.15, -0.1) is 0 Å². The number of rotatable bonds is 3. The van der Waals surface area contributed by atoms with Gasteiger partial charge in [0.2, 0.25) is 0 Å². The number of hydrogen-bond acceptors (Lipinski definition) is 5. The summed E-state index contributed by atoms with van der Waals surface area (Å²) in [4.78, 5) is 15.8. The molecule has 1 fully saturated rings. The Balaban J connectivity index is 1.47. The lowest BCUT2D eigenvalue weighted by Gasteiger charge is -2.39. The summed E-state index contributed by atoms with van der Waals surface area (Å²) in [6, 6.07) is 26.0. The topological polar surface area (TPSA) is 50.8 Å². The van der Waals surface area contributed by atoms with Crippen LogP contribution >= 0.6 is 0 Å². The summed E-state index contributed by atoms with van der Waals surface area (Å²) in [5.41, 5.74) is 7.51. The second-order valence-corrected chi connectivity index (χ2v) is 10.1. The molecule has 3 aliphatic heterocycles. The van der Waals surface area contributed by atoms with Crippen molar-refractivity contribution in [2.45, 2.75) is 32.3 Å². The summed E-state index contributed by atoms with van der Waals surface area (Å²) >= 11 is 0. The quantitative estimate of drug-likeness (QED) is 0.309. The highest BCUT2D eigenvalue weighted by Crippen LogP contribution is 2.58. The molecule has 1 saturated heterocycles. The van der Waals surface area contributed by atoms with Gasteiger partial charge in [-0.3, -0.25) is 0 Å². The van der Waals surface area contributed by atoms with Crippen LogP contribution in [0.1, 0.15) is 51.0 Å². The van der Waals surface area contributed by atoms with Gasteiger partial charge in [-0.1, -0.05) is 36.4 Å². The van der Waals surface area contributed by atoms with Crippen molar-refractivity contribution in [3.8, 4) is 11.5 Å². The molecule has 1 N–H and O–H groups in total. The lowest BCUT2D eigenvalue weighted by molar-refractivity contribution is 0.0222. The Kier molecular flexibility index (Phi) is 4.83. The van der Waals surface area contributed by atoms with Crippen LogP contribution in [-0.2, 0) is 10.3 Å². The molecule has 0 saturated carbocycles. The molecule has 3 heterocycles. The molecule has 0 amide bonds. The van der Waals surface area contributed by atoms with Crippen LogP contribution in [0.25, 0.3) is 0 Å². The Morgan fingerprint density at radius 3 is 2.35 bits per heavy atom. The standard InChI is InChI=1S/C32H28N2O3/c1-20-21(2)30-29(19-27(20)34-16-8-9-17-34)36-28-15-14-23(33-22-10-4-3-5-11-22)18-26(28)32(30)25-13-7-6-12-24(25)31(35)37-32/h3-7,10-15,18-19,33H,8-9,16-17H2,1-2H3. The van der Waals surface area contributed by atoms with Crippen molar-refractivity contribution in [2.24, 2.45) is 0 Å². The molecular formula is C32H28N2O3. The molecule has 5 heteroatoms. The van der Waals surface area contributed by atoms with E-state index in [1.807, 2.05) is 66.7 Å². The molecule has 4 aromatic rings. The van der Waals surface area contributed by atoms with Crippen molar-refractivity contribution in [1.82, 2.24) is 0 Å². The first-order chi connectivity index (χ1) is 18.1. The smallest absolute Gasteiger partial charge is 0.340 e. The van der Waals surface area contributed by atoms with Crippen LogP contribution in [0.5, 0.6) is 11.5 Å². The number of anilines is 3. The summed E-state index contributed by atoms with van der Waals surface area (Å²) in [6.07, 6.45) is 2.40. The van der Waals surface area contributed by atoms with Gasteiger partial charge >= 0.3 is 5.97 Å². The van der Waals surface area contributed by atoms with E-state index >= 15 is 0 Å². The molecule has 1 atom stereocenters. The van der Waals surface area contributed by atoms with E-state index in [0.29, 0.717) is 11.3 Å². The number of hydrogen-bond donors (Lipinski definition) is 1. The molecule has 0 aliphatic carbocycles. The summed E-state index contributed by atoms with van der Waals surface area (Å²) in [5.74, 6) is 1.15. The zero-order valence-electron chi connectivity index (χ0n) is 21.0. The number of carbonyl (C=O) groups is 1. The average molecular weight is 489 g/mol. The van der Waals surface area contributed by atoms with Gasteiger partial charge < -0.3 is 19.7 Å². The molecule has 3 aliphatic rings. The maximum atomic E-state index is 13.3. The van der Waals surface area contributed by atoms with Crippen LogP contribution in [0.2, 0.25) is 0 Å². The van der Waals surface area contributed by atoms with Crippen LogP contribution < -0.4 is 15.0 Å². The predicted octanol–water partition coefficient (Wildman–Crippen LogP) is 7.22. The maximum absolute atomic E-state index is 13.3. The maximum Gasteiger partial charge on any atom is 0.340 e. The zero-order chi connectivity index (χ0) is 25.1. The minimum absolute atomic E-state index is 0.309. The zero-order valence-corrected chi connectivity index (χ0v) is 21.0. The van der Waals surface area contributed by atoms with Gasteiger partial charge in [-0.05, 0) is 74.2 Å². The van der Waals surface area contributed by atoms with E-state index in [4.69, 9.17) is 9.47 Å². The third-order valence-electron chi connectivity index (χ3n) is 8.05. The van der Waals surface area contributed by atoms with E-state index in [2.05, 4.69) is 36.2 Å². The average Bonchev–Trinajstić information content (AvgIpc) is 3.55. The molecule has 37 heavy (non-hydrogen) atoms. The predicted molar refractivity (Wildman–Crippen MR) is 145 cm³/mol. The molecule has 0 radical (unpaired) electrons. The van der Waals surface area contributed by atoms with Crippen molar-refractivity contribution in [3.63, 3.8) is 0 Å². The van der Waals surface area contributed by atoms with Gasteiger partial charge in [0.05, 0.1) is 11.1 Å². The van der Waals surface area contributed by atoms with Crippen LogP contribution in [0, 0.1) is 13.8 Å². The number of nitrogens with zero attached hydrogens (tertiary/aromatic N) is 1. The van der Waals surface area contributed by atoms with Crippen LogP contribution in [0.3, 0.4) is 0 Å². The Bertz CT molecular complexity index is 1560. The van der Waals surface area contributed by atoms with Crippen molar-refractivity contribution in [2.75, 3.05) is 23.3 Å². The molecule has 5 nitrogen and oxygen atoms in total. The second kappa shape index (κ2) is 8.13. The van der Waals surface area contributed by atoms with Gasteiger partial charge in [-0.25, -0.2) is 4.79 Å². The molecule has 1 unspecified atom stereocenters. The SMILES string of the molecule is Cc1c(N2CCCC2)cc2c(c1C)C1(OC(=O)c3ccccc31)c1cc(Nc3ccccc3)ccc1O2. The molecule has 0 aromatic heterocycles. The first-order valence-corrected chi connectivity index (χ1v) is 12.9. The van der Waals surface area contributed by atoms with E-state index in [1.54, 1.807) is 0 Å². The fraction of sp³-hybridized carbons (Fsp3) is 0.219. The Morgan fingerprint density at radius 1 is 0.784 bits per heavy atom. The highest BCUT2D eigenvalue weighted by Gasteiger charge is 2.54. The molecule has 4 aromatic carbocycles. The fourth-order valence-electron chi connectivity index (χ4n) is 6.19. The second-order valence-electron chi connectivity index (χ2n) is 10.1. The highest BCUT2D eigenvalue weighted by atomic mass is 16.6. The van der Waals surface area contributed by atoms with Crippen molar-refractivity contribution in [3.05, 3.63) is 112 Å². The number of fused-ring (bicyclic) bond motifs is 6. The van der Waals surface area contributed by atoms with Gasteiger partial charge in [0.1, 0.15) is 11.5 Å². The number of ether oxygens (including phenoxy) is 2. The van der Waals surface area contributed by atoms with Crippen LogP contribution in [-0.4, -0.2) is 19.1 Å².